The molecule has 0 saturated carbocycles. The van der Waals surface area contributed by atoms with Gasteiger partial charge in [-0.2, -0.15) is 0 Å². The maximum Gasteiger partial charge on any atom is 0.303 e. The molecule has 0 aromatic heterocycles. The van der Waals surface area contributed by atoms with E-state index >= 15 is 0 Å². The number of imide groups is 1. The van der Waals surface area contributed by atoms with Gasteiger partial charge in [0.1, 0.15) is 0 Å². The Balaban J connectivity index is 0.00000124. The number of hydrogen-bond donors (Lipinski definition) is 3. The Labute approximate surface area is 212 Å². The molecule has 1 heterocycles. The molecule has 0 radical (unpaired) electrons. The monoisotopic (exact) mass is 494 g/mol. The molecule has 7 heteroatoms. The van der Waals surface area contributed by atoms with Gasteiger partial charge in [0, 0.05) is 12.8 Å². The van der Waals surface area contributed by atoms with E-state index in [1.807, 2.05) is 13.0 Å². The fourth-order valence-electron chi connectivity index (χ4n) is 4.20. The van der Waals surface area contributed by atoms with Gasteiger partial charge in [0.25, 0.3) is 0 Å². The van der Waals surface area contributed by atoms with Crippen LogP contribution in [0.2, 0.25) is 0 Å². The van der Waals surface area contributed by atoms with Crippen molar-refractivity contribution < 1.29 is 24.3 Å². The molecule has 1 aliphatic heterocycles. The summed E-state index contributed by atoms with van der Waals surface area (Å²) in [4.78, 5) is 42.9. The number of nitrogens with two attached hydrogens (primary N) is 1. The SMILES string of the molecule is CCCCCCCCCCCCCCCCC=CC1(CC)CC(=O)NC1=O.NC(=O)CCC(=O)O. The van der Waals surface area contributed by atoms with Crippen LogP contribution < -0.4 is 11.1 Å². The van der Waals surface area contributed by atoms with Gasteiger partial charge in [0.05, 0.1) is 11.8 Å². The second-order valence-electron chi connectivity index (χ2n) is 9.71. The molecule has 1 unspecified atom stereocenters. The molecule has 1 atom stereocenters. The summed E-state index contributed by atoms with van der Waals surface area (Å²) in [6.07, 6.45) is 25.1. The lowest BCUT2D eigenvalue weighted by Gasteiger charge is -2.18. The van der Waals surface area contributed by atoms with Gasteiger partial charge in [-0.05, 0) is 19.3 Å². The number of amides is 3. The number of allylic oxidation sites excluding steroid dienone is 1. The first kappa shape index (κ1) is 32.8. The molecular formula is C28H50N2O5. The summed E-state index contributed by atoms with van der Waals surface area (Å²) in [5.41, 5.74) is 4.06. The van der Waals surface area contributed by atoms with Crippen molar-refractivity contribution in [3.8, 4) is 0 Å². The van der Waals surface area contributed by atoms with Crippen molar-refractivity contribution in [1.82, 2.24) is 5.32 Å². The molecule has 4 N–H and O–H groups in total. The minimum absolute atomic E-state index is 0.0741. The number of hydrogen-bond acceptors (Lipinski definition) is 4. The van der Waals surface area contributed by atoms with Gasteiger partial charge in [0.2, 0.25) is 17.7 Å². The van der Waals surface area contributed by atoms with E-state index in [4.69, 9.17) is 5.11 Å². The average Bonchev–Trinajstić information content (AvgIpc) is 3.11. The van der Waals surface area contributed by atoms with Crippen LogP contribution in [0, 0.1) is 5.41 Å². The predicted molar refractivity (Wildman–Crippen MR) is 141 cm³/mol. The third kappa shape index (κ3) is 17.8. The van der Waals surface area contributed by atoms with Crippen LogP contribution in [0.4, 0.5) is 0 Å². The molecular weight excluding hydrogens is 444 g/mol. The van der Waals surface area contributed by atoms with E-state index < -0.39 is 17.3 Å². The van der Waals surface area contributed by atoms with Crippen molar-refractivity contribution in [3.63, 3.8) is 0 Å². The summed E-state index contributed by atoms with van der Waals surface area (Å²) in [5, 5.41) is 10.4. The minimum atomic E-state index is -0.996. The van der Waals surface area contributed by atoms with Crippen LogP contribution in [-0.2, 0) is 19.2 Å². The summed E-state index contributed by atoms with van der Waals surface area (Å²) in [7, 11) is 0. The van der Waals surface area contributed by atoms with Crippen LogP contribution in [0.3, 0.4) is 0 Å². The first-order chi connectivity index (χ1) is 16.8. The number of unbranched alkanes of at least 4 members (excludes halogenated alkanes) is 14. The highest BCUT2D eigenvalue weighted by atomic mass is 16.4. The van der Waals surface area contributed by atoms with Gasteiger partial charge >= 0.3 is 5.97 Å². The van der Waals surface area contributed by atoms with Crippen LogP contribution >= 0.6 is 0 Å². The summed E-state index contributed by atoms with van der Waals surface area (Å²) in [6, 6.07) is 0. The standard InChI is InChI=1S/C24H43NO2.C4H7NO3/c1-3-5-6-7-8-9-10-11-12-13-14-15-16-17-18-19-20-24(4-2)21-22(26)25-23(24)27;5-3(6)1-2-4(7)8/h19-20H,3-18,21H2,1-2H3,(H,25,26,27);1-2H2,(H2,5,6)(H,7,8). The predicted octanol–water partition coefficient (Wildman–Crippen LogP) is 6.19. The number of rotatable bonds is 20. The smallest absolute Gasteiger partial charge is 0.303 e. The van der Waals surface area contributed by atoms with Crippen LogP contribution in [0.15, 0.2) is 12.2 Å². The Morgan fingerprint density at radius 3 is 1.69 bits per heavy atom. The van der Waals surface area contributed by atoms with E-state index in [0.29, 0.717) is 12.8 Å². The molecule has 0 aliphatic carbocycles. The van der Waals surface area contributed by atoms with Crippen LogP contribution in [0.5, 0.6) is 0 Å². The van der Waals surface area contributed by atoms with Gasteiger partial charge in [0.15, 0.2) is 0 Å². The lowest BCUT2D eigenvalue weighted by molar-refractivity contribution is -0.138. The third-order valence-corrected chi connectivity index (χ3v) is 6.56. The molecule has 0 spiro atoms. The number of carboxylic acid groups (broad SMARTS) is 1. The largest absolute Gasteiger partial charge is 0.481 e. The molecule has 1 fully saturated rings. The van der Waals surface area contributed by atoms with E-state index in [-0.39, 0.29) is 24.7 Å². The first-order valence-corrected chi connectivity index (χ1v) is 13.8. The number of carboxylic acids is 1. The molecule has 3 amide bonds. The highest BCUT2D eigenvalue weighted by Crippen LogP contribution is 2.33. The van der Waals surface area contributed by atoms with Gasteiger partial charge in [-0.3, -0.25) is 24.5 Å². The van der Waals surface area contributed by atoms with E-state index in [9.17, 15) is 19.2 Å². The molecule has 1 saturated heterocycles. The number of carbonyl (C=O) groups excluding carboxylic acids is 3. The molecule has 7 nitrogen and oxygen atoms in total. The van der Waals surface area contributed by atoms with Crippen LogP contribution in [0.25, 0.3) is 0 Å². The third-order valence-electron chi connectivity index (χ3n) is 6.56. The summed E-state index contributed by atoms with van der Waals surface area (Å²) in [6.45, 7) is 4.26. The zero-order valence-corrected chi connectivity index (χ0v) is 22.2. The van der Waals surface area contributed by atoms with Gasteiger partial charge in [-0.1, -0.05) is 109 Å². The average molecular weight is 495 g/mol. The van der Waals surface area contributed by atoms with E-state index in [2.05, 4.69) is 24.1 Å². The molecule has 0 bridgehead atoms. The molecule has 0 aromatic carbocycles. The summed E-state index contributed by atoms with van der Waals surface area (Å²) >= 11 is 0. The Bertz CT molecular complexity index is 633. The number of carbonyl (C=O) groups is 4. The van der Waals surface area contributed by atoms with Gasteiger partial charge in [-0.25, -0.2) is 0 Å². The molecule has 1 rings (SSSR count). The van der Waals surface area contributed by atoms with Crippen molar-refractivity contribution in [3.05, 3.63) is 12.2 Å². The van der Waals surface area contributed by atoms with Gasteiger partial charge < -0.3 is 10.8 Å². The fourth-order valence-corrected chi connectivity index (χ4v) is 4.20. The lowest BCUT2D eigenvalue weighted by atomic mass is 9.83. The topological polar surface area (TPSA) is 127 Å². The molecule has 0 aromatic rings. The van der Waals surface area contributed by atoms with Crippen molar-refractivity contribution in [2.45, 2.75) is 136 Å². The maximum absolute atomic E-state index is 11.9. The minimum Gasteiger partial charge on any atom is -0.481 e. The zero-order valence-electron chi connectivity index (χ0n) is 22.2. The number of nitrogens with one attached hydrogen (secondary N) is 1. The number of aliphatic carboxylic acids is 1. The molecule has 1 aliphatic rings. The Kier molecular flexibility index (Phi) is 19.8. The Morgan fingerprint density at radius 1 is 0.857 bits per heavy atom. The molecule has 202 valence electrons. The highest BCUT2D eigenvalue weighted by Gasteiger charge is 2.42. The van der Waals surface area contributed by atoms with Crippen molar-refractivity contribution in [1.29, 1.82) is 0 Å². The van der Waals surface area contributed by atoms with Crippen LogP contribution in [0.1, 0.15) is 136 Å². The number of primary amides is 1. The van der Waals surface area contributed by atoms with E-state index in [1.165, 1.54) is 89.9 Å². The zero-order chi connectivity index (χ0) is 26.4. The molecule has 35 heavy (non-hydrogen) atoms. The van der Waals surface area contributed by atoms with Gasteiger partial charge in [-0.15, -0.1) is 0 Å². The van der Waals surface area contributed by atoms with Crippen molar-refractivity contribution in [2.24, 2.45) is 11.1 Å². The summed E-state index contributed by atoms with van der Waals surface area (Å²) < 4.78 is 0. The maximum atomic E-state index is 11.9. The fraction of sp³-hybridized carbons (Fsp3) is 0.786. The lowest BCUT2D eigenvalue weighted by Crippen LogP contribution is -2.29. The Hall–Kier alpha value is -2.18. The van der Waals surface area contributed by atoms with Crippen molar-refractivity contribution >= 4 is 23.7 Å². The van der Waals surface area contributed by atoms with Crippen LogP contribution in [-0.4, -0.2) is 28.8 Å². The van der Waals surface area contributed by atoms with E-state index in [0.717, 1.165) is 6.42 Å². The second kappa shape index (κ2) is 21.1. The van der Waals surface area contributed by atoms with Crippen molar-refractivity contribution in [2.75, 3.05) is 0 Å². The highest BCUT2D eigenvalue weighted by molar-refractivity contribution is 6.06. The van der Waals surface area contributed by atoms with E-state index in [1.54, 1.807) is 0 Å². The summed E-state index contributed by atoms with van der Waals surface area (Å²) in [5.74, 6) is -1.83. The first-order valence-electron chi connectivity index (χ1n) is 13.8. The second-order valence-corrected chi connectivity index (χ2v) is 9.71. The quantitative estimate of drug-likeness (QED) is 0.106. The Morgan fingerprint density at radius 2 is 1.34 bits per heavy atom. The normalized spacial score (nSPS) is 17.3.